The Morgan fingerprint density at radius 1 is 1.32 bits per heavy atom. The summed E-state index contributed by atoms with van der Waals surface area (Å²) < 4.78 is 38.8. The number of carbonyl (C=O) groups excluding carboxylic acids is 1. The molecule has 0 heterocycles. The summed E-state index contributed by atoms with van der Waals surface area (Å²) in [4.78, 5) is 13.4. The summed E-state index contributed by atoms with van der Waals surface area (Å²) in [5.74, 6) is -0.426. The maximum absolute atomic E-state index is 12.9. The summed E-state index contributed by atoms with van der Waals surface area (Å²) in [7, 11) is 1.55. The van der Waals surface area contributed by atoms with Crippen molar-refractivity contribution in [3.8, 4) is 0 Å². The highest BCUT2D eigenvalue weighted by Gasteiger charge is 2.35. The van der Waals surface area contributed by atoms with E-state index in [9.17, 15) is 18.0 Å². The molecule has 1 N–H and O–H groups in total. The fourth-order valence-corrected chi connectivity index (χ4v) is 1.68. The first-order valence-corrected chi connectivity index (χ1v) is 6.02. The number of carbonyl (C=O) groups is 1. The van der Waals surface area contributed by atoms with Crippen molar-refractivity contribution in [1.82, 2.24) is 4.90 Å². The summed E-state index contributed by atoms with van der Waals surface area (Å²) in [6, 6.07) is 3.63. The van der Waals surface area contributed by atoms with Crippen LogP contribution in [0.5, 0.6) is 0 Å². The van der Waals surface area contributed by atoms with Gasteiger partial charge in [-0.15, -0.1) is 0 Å². The average Bonchev–Trinajstić information content (AvgIpc) is 2.36. The summed E-state index contributed by atoms with van der Waals surface area (Å²) in [6.45, 7) is 4.19. The van der Waals surface area contributed by atoms with Crippen molar-refractivity contribution >= 4 is 11.6 Å². The van der Waals surface area contributed by atoms with Crippen molar-refractivity contribution in [1.29, 1.82) is 0 Å². The molecule has 1 aromatic rings. The number of halogens is 3. The molecular formula is C13H17F3N2O. The number of benzene rings is 1. The fourth-order valence-electron chi connectivity index (χ4n) is 1.68. The highest BCUT2D eigenvalue weighted by atomic mass is 19.4. The van der Waals surface area contributed by atoms with Crippen LogP contribution in [0, 0.1) is 0 Å². The molecule has 1 rings (SSSR count). The van der Waals surface area contributed by atoms with Gasteiger partial charge in [-0.1, -0.05) is 6.07 Å². The van der Waals surface area contributed by atoms with E-state index >= 15 is 0 Å². The van der Waals surface area contributed by atoms with Crippen LogP contribution in [-0.4, -0.2) is 30.9 Å². The third kappa shape index (κ3) is 3.39. The zero-order valence-corrected chi connectivity index (χ0v) is 11.1. The molecule has 0 radical (unpaired) electrons. The largest absolute Gasteiger partial charge is 0.418 e. The van der Waals surface area contributed by atoms with Crippen LogP contribution >= 0.6 is 0 Å². The molecule has 0 fully saturated rings. The normalized spacial score (nSPS) is 11.3. The second-order valence-electron chi connectivity index (χ2n) is 4.08. The predicted molar refractivity (Wildman–Crippen MR) is 68.2 cm³/mol. The molecule has 0 saturated heterocycles. The molecule has 0 atom stereocenters. The number of amides is 1. The SMILES string of the molecule is CCNc1c(C(=O)N(C)CC)cccc1C(F)(F)F. The van der Waals surface area contributed by atoms with Gasteiger partial charge in [0.05, 0.1) is 16.8 Å². The molecule has 0 spiro atoms. The zero-order chi connectivity index (χ0) is 14.6. The Morgan fingerprint density at radius 2 is 1.95 bits per heavy atom. The number of hydrogen-bond donors (Lipinski definition) is 1. The van der Waals surface area contributed by atoms with E-state index < -0.39 is 17.6 Å². The number of rotatable bonds is 4. The lowest BCUT2D eigenvalue weighted by molar-refractivity contribution is -0.137. The standard InChI is InChI=1S/C13H17F3N2O/c1-4-17-11-9(12(19)18(3)5-2)7-6-8-10(11)13(14,15)16/h6-8,17H,4-5H2,1-3H3. The minimum atomic E-state index is -4.49. The lowest BCUT2D eigenvalue weighted by atomic mass is 10.1. The Hall–Kier alpha value is -1.72. The van der Waals surface area contributed by atoms with E-state index in [4.69, 9.17) is 0 Å². The molecule has 0 aliphatic carbocycles. The summed E-state index contributed by atoms with van der Waals surface area (Å²) in [6.07, 6.45) is -4.49. The highest BCUT2D eigenvalue weighted by Crippen LogP contribution is 2.36. The van der Waals surface area contributed by atoms with Gasteiger partial charge in [-0.25, -0.2) is 0 Å². The predicted octanol–water partition coefficient (Wildman–Crippen LogP) is 3.23. The zero-order valence-electron chi connectivity index (χ0n) is 11.1. The number of nitrogens with zero attached hydrogens (tertiary/aromatic N) is 1. The van der Waals surface area contributed by atoms with E-state index in [1.54, 1.807) is 20.9 Å². The minimum absolute atomic E-state index is 0.0426. The quantitative estimate of drug-likeness (QED) is 0.914. The van der Waals surface area contributed by atoms with Gasteiger partial charge in [0.2, 0.25) is 0 Å². The Kier molecular flexibility index (Phi) is 4.80. The van der Waals surface area contributed by atoms with Gasteiger partial charge in [-0.3, -0.25) is 4.79 Å². The van der Waals surface area contributed by atoms with Crippen LogP contribution in [0.2, 0.25) is 0 Å². The maximum Gasteiger partial charge on any atom is 0.418 e. The van der Waals surface area contributed by atoms with E-state index in [2.05, 4.69) is 5.32 Å². The first-order chi connectivity index (χ1) is 8.82. The lowest BCUT2D eigenvalue weighted by Gasteiger charge is -2.20. The number of anilines is 1. The molecule has 0 aromatic heterocycles. The summed E-state index contributed by atoms with van der Waals surface area (Å²) in [5.41, 5.74) is -0.923. The van der Waals surface area contributed by atoms with Crippen LogP contribution < -0.4 is 5.32 Å². The van der Waals surface area contributed by atoms with Gasteiger partial charge in [-0.2, -0.15) is 13.2 Å². The molecule has 6 heteroatoms. The van der Waals surface area contributed by atoms with Crippen LogP contribution in [0.3, 0.4) is 0 Å². The van der Waals surface area contributed by atoms with E-state index in [1.807, 2.05) is 0 Å². The van der Waals surface area contributed by atoms with E-state index in [0.717, 1.165) is 6.07 Å². The molecule has 0 saturated carbocycles. The maximum atomic E-state index is 12.9. The molecule has 1 aromatic carbocycles. The van der Waals surface area contributed by atoms with Crippen LogP contribution in [0.15, 0.2) is 18.2 Å². The van der Waals surface area contributed by atoms with Crippen molar-refractivity contribution in [3.63, 3.8) is 0 Å². The molecule has 0 aliphatic heterocycles. The van der Waals surface area contributed by atoms with Gasteiger partial charge in [0.1, 0.15) is 0 Å². The van der Waals surface area contributed by atoms with Gasteiger partial charge in [0, 0.05) is 20.1 Å². The van der Waals surface area contributed by atoms with Crippen molar-refractivity contribution in [3.05, 3.63) is 29.3 Å². The van der Waals surface area contributed by atoms with E-state index in [0.29, 0.717) is 13.1 Å². The lowest BCUT2D eigenvalue weighted by Crippen LogP contribution is -2.28. The third-order valence-electron chi connectivity index (χ3n) is 2.77. The summed E-state index contributed by atoms with van der Waals surface area (Å²) >= 11 is 0. The second kappa shape index (κ2) is 5.95. The Bertz CT molecular complexity index is 458. The topological polar surface area (TPSA) is 32.3 Å². The third-order valence-corrected chi connectivity index (χ3v) is 2.77. The molecule has 0 unspecified atom stereocenters. The van der Waals surface area contributed by atoms with Gasteiger partial charge < -0.3 is 10.2 Å². The minimum Gasteiger partial charge on any atom is -0.384 e. The van der Waals surface area contributed by atoms with Gasteiger partial charge >= 0.3 is 6.18 Å². The Labute approximate surface area is 110 Å². The molecule has 3 nitrogen and oxygen atoms in total. The average molecular weight is 274 g/mol. The molecule has 19 heavy (non-hydrogen) atoms. The number of hydrogen-bond acceptors (Lipinski definition) is 2. The number of nitrogens with one attached hydrogen (secondary N) is 1. The first-order valence-electron chi connectivity index (χ1n) is 6.02. The molecule has 0 aliphatic rings. The van der Waals surface area contributed by atoms with Crippen LogP contribution in [-0.2, 0) is 6.18 Å². The van der Waals surface area contributed by atoms with Crippen molar-refractivity contribution < 1.29 is 18.0 Å². The Morgan fingerprint density at radius 3 is 2.42 bits per heavy atom. The first kappa shape index (κ1) is 15.3. The number of para-hydroxylation sites is 1. The molecule has 0 bridgehead atoms. The second-order valence-corrected chi connectivity index (χ2v) is 4.08. The van der Waals surface area contributed by atoms with Crippen LogP contribution in [0.1, 0.15) is 29.8 Å². The van der Waals surface area contributed by atoms with Gasteiger partial charge in [0.15, 0.2) is 0 Å². The molecule has 106 valence electrons. The smallest absolute Gasteiger partial charge is 0.384 e. The van der Waals surface area contributed by atoms with Crippen molar-refractivity contribution in [2.45, 2.75) is 20.0 Å². The van der Waals surface area contributed by atoms with Gasteiger partial charge in [-0.05, 0) is 26.0 Å². The summed E-state index contributed by atoms with van der Waals surface area (Å²) in [5, 5.41) is 2.64. The fraction of sp³-hybridized carbons (Fsp3) is 0.462. The molecular weight excluding hydrogens is 257 g/mol. The monoisotopic (exact) mass is 274 g/mol. The van der Waals surface area contributed by atoms with Crippen LogP contribution in [0.25, 0.3) is 0 Å². The van der Waals surface area contributed by atoms with Crippen molar-refractivity contribution in [2.75, 3.05) is 25.5 Å². The van der Waals surface area contributed by atoms with E-state index in [1.165, 1.54) is 17.0 Å². The molecule has 1 amide bonds. The van der Waals surface area contributed by atoms with Crippen molar-refractivity contribution in [2.24, 2.45) is 0 Å². The van der Waals surface area contributed by atoms with E-state index in [-0.39, 0.29) is 11.3 Å². The highest BCUT2D eigenvalue weighted by molar-refractivity contribution is 6.00. The van der Waals surface area contributed by atoms with Gasteiger partial charge in [0.25, 0.3) is 5.91 Å². The van der Waals surface area contributed by atoms with Crippen LogP contribution in [0.4, 0.5) is 18.9 Å². The number of alkyl halides is 3. The Balaban J connectivity index is 3.36.